The van der Waals surface area contributed by atoms with Crippen LogP contribution >= 0.6 is 23.2 Å². The molecular formula is C16H20Cl2N2O3S. The van der Waals surface area contributed by atoms with Crippen LogP contribution in [-0.4, -0.2) is 33.2 Å². The van der Waals surface area contributed by atoms with Gasteiger partial charge in [-0.05, 0) is 49.3 Å². The van der Waals surface area contributed by atoms with Crippen molar-refractivity contribution < 1.29 is 13.2 Å². The van der Waals surface area contributed by atoms with Crippen molar-refractivity contribution in [2.45, 2.75) is 31.7 Å². The zero-order valence-corrected chi connectivity index (χ0v) is 15.7. The van der Waals surface area contributed by atoms with Crippen LogP contribution in [0.1, 0.15) is 25.7 Å². The first-order chi connectivity index (χ1) is 11.2. The molecule has 132 valence electrons. The minimum atomic E-state index is -3.65. The number of fused-ring (bicyclic) bond motifs is 2. The molecule has 1 aromatic carbocycles. The maximum atomic E-state index is 12.4. The molecular weight excluding hydrogens is 371 g/mol. The summed E-state index contributed by atoms with van der Waals surface area (Å²) in [6, 6.07) is 4.69. The number of nitrogens with zero attached hydrogens (tertiary/aromatic N) is 1. The van der Waals surface area contributed by atoms with Gasteiger partial charge in [-0.25, -0.2) is 8.42 Å². The van der Waals surface area contributed by atoms with Gasteiger partial charge in [0.15, 0.2) is 0 Å². The fourth-order valence-electron chi connectivity index (χ4n) is 3.87. The van der Waals surface area contributed by atoms with Gasteiger partial charge in [0.25, 0.3) is 0 Å². The summed E-state index contributed by atoms with van der Waals surface area (Å²) in [6.07, 6.45) is 5.62. The molecule has 2 bridgehead atoms. The number of halogens is 2. The van der Waals surface area contributed by atoms with E-state index in [1.807, 2.05) is 0 Å². The second-order valence-corrected chi connectivity index (χ2v) is 9.46. The average molecular weight is 391 g/mol. The second-order valence-electron chi connectivity index (χ2n) is 6.71. The van der Waals surface area contributed by atoms with Crippen LogP contribution in [0.2, 0.25) is 10.0 Å². The van der Waals surface area contributed by atoms with Crippen molar-refractivity contribution >= 4 is 44.8 Å². The third kappa shape index (κ3) is 3.81. The molecule has 3 rings (SSSR count). The predicted octanol–water partition coefficient (Wildman–Crippen LogP) is 3.06. The topological polar surface area (TPSA) is 66.5 Å². The maximum Gasteiger partial charge on any atom is 0.241 e. The lowest BCUT2D eigenvalue weighted by atomic mass is 9.95. The second kappa shape index (κ2) is 6.73. The number of sulfonamides is 1. The molecule has 5 nitrogen and oxygen atoms in total. The highest BCUT2D eigenvalue weighted by Crippen LogP contribution is 2.44. The quantitative estimate of drug-likeness (QED) is 0.839. The fourth-order valence-corrected chi connectivity index (χ4v) is 5.30. The van der Waals surface area contributed by atoms with E-state index in [1.54, 1.807) is 6.07 Å². The van der Waals surface area contributed by atoms with Crippen LogP contribution in [0.4, 0.5) is 5.69 Å². The number of anilines is 1. The van der Waals surface area contributed by atoms with E-state index in [4.69, 9.17) is 23.2 Å². The minimum Gasteiger partial charge on any atom is -0.352 e. The van der Waals surface area contributed by atoms with Gasteiger partial charge < -0.3 is 5.32 Å². The summed E-state index contributed by atoms with van der Waals surface area (Å²) in [4.78, 5) is 12.4. The zero-order valence-electron chi connectivity index (χ0n) is 13.3. The van der Waals surface area contributed by atoms with Crippen LogP contribution in [0.3, 0.4) is 0 Å². The van der Waals surface area contributed by atoms with Crippen molar-refractivity contribution in [3.63, 3.8) is 0 Å². The maximum absolute atomic E-state index is 12.4. The lowest BCUT2D eigenvalue weighted by molar-refractivity contribution is -0.120. The molecule has 24 heavy (non-hydrogen) atoms. The molecule has 0 heterocycles. The van der Waals surface area contributed by atoms with Crippen molar-refractivity contribution in [3.8, 4) is 0 Å². The molecule has 0 aromatic heterocycles. The Morgan fingerprint density at radius 1 is 1.29 bits per heavy atom. The molecule has 2 saturated carbocycles. The van der Waals surface area contributed by atoms with Gasteiger partial charge in [-0.1, -0.05) is 29.6 Å². The van der Waals surface area contributed by atoms with Crippen molar-refractivity contribution in [2.75, 3.05) is 17.1 Å². The molecule has 1 amide bonds. The van der Waals surface area contributed by atoms with E-state index in [0.717, 1.165) is 23.4 Å². The van der Waals surface area contributed by atoms with Crippen molar-refractivity contribution in [3.05, 3.63) is 28.2 Å². The van der Waals surface area contributed by atoms with E-state index in [9.17, 15) is 13.2 Å². The summed E-state index contributed by atoms with van der Waals surface area (Å²) in [5, 5.41) is 3.60. The molecule has 2 fully saturated rings. The van der Waals surface area contributed by atoms with Gasteiger partial charge in [0.2, 0.25) is 15.9 Å². The number of hydrogen-bond donors (Lipinski definition) is 1. The molecule has 1 aromatic rings. The lowest BCUT2D eigenvalue weighted by Crippen LogP contribution is -2.45. The molecule has 2 aliphatic rings. The Morgan fingerprint density at radius 3 is 2.58 bits per heavy atom. The summed E-state index contributed by atoms with van der Waals surface area (Å²) in [6.45, 7) is -0.284. The Labute approximate surface area is 152 Å². The van der Waals surface area contributed by atoms with E-state index in [0.29, 0.717) is 16.9 Å². The van der Waals surface area contributed by atoms with Crippen molar-refractivity contribution in [2.24, 2.45) is 11.8 Å². The van der Waals surface area contributed by atoms with Gasteiger partial charge in [-0.15, -0.1) is 0 Å². The highest BCUT2D eigenvalue weighted by atomic mass is 35.5. The predicted molar refractivity (Wildman–Crippen MR) is 96.0 cm³/mol. The van der Waals surface area contributed by atoms with E-state index in [1.165, 1.54) is 25.0 Å². The van der Waals surface area contributed by atoms with Gasteiger partial charge >= 0.3 is 0 Å². The number of carbonyl (C=O) groups excluding carboxylic acids is 1. The van der Waals surface area contributed by atoms with E-state index in [2.05, 4.69) is 5.32 Å². The highest BCUT2D eigenvalue weighted by Gasteiger charge is 2.40. The highest BCUT2D eigenvalue weighted by molar-refractivity contribution is 7.92. The molecule has 1 N–H and O–H groups in total. The monoisotopic (exact) mass is 390 g/mol. The first-order valence-electron chi connectivity index (χ1n) is 7.96. The van der Waals surface area contributed by atoms with Gasteiger partial charge in [0, 0.05) is 11.1 Å². The Kier molecular flexibility index (Phi) is 5.00. The number of nitrogens with one attached hydrogen (secondary N) is 1. The van der Waals surface area contributed by atoms with Crippen molar-refractivity contribution in [1.29, 1.82) is 0 Å². The normalized spacial score (nSPS) is 25.7. The van der Waals surface area contributed by atoms with Crippen LogP contribution in [0.15, 0.2) is 18.2 Å². The molecule has 2 aliphatic carbocycles. The third-order valence-electron chi connectivity index (χ3n) is 4.95. The third-order valence-corrected chi connectivity index (χ3v) is 6.61. The lowest BCUT2D eigenvalue weighted by Gasteiger charge is -2.26. The number of hydrogen-bond acceptors (Lipinski definition) is 3. The van der Waals surface area contributed by atoms with Gasteiger partial charge in [-0.2, -0.15) is 0 Å². The summed E-state index contributed by atoms with van der Waals surface area (Å²) in [7, 11) is -3.65. The van der Waals surface area contributed by atoms with Gasteiger partial charge in [-0.3, -0.25) is 9.10 Å². The average Bonchev–Trinajstić information content (AvgIpc) is 3.07. The Hall–Kier alpha value is -0.980. The molecule has 0 unspecified atom stereocenters. The van der Waals surface area contributed by atoms with Crippen LogP contribution in [0.5, 0.6) is 0 Å². The number of benzene rings is 1. The smallest absolute Gasteiger partial charge is 0.241 e. The first kappa shape index (κ1) is 17.8. The van der Waals surface area contributed by atoms with Crippen LogP contribution in [-0.2, 0) is 14.8 Å². The molecule has 0 spiro atoms. The summed E-state index contributed by atoms with van der Waals surface area (Å²) >= 11 is 12.0. The number of rotatable bonds is 5. The van der Waals surface area contributed by atoms with Gasteiger partial charge in [0.05, 0.1) is 17.0 Å². The number of amides is 1. The fraction of sp³-hybridized carbons (Fsp3) is 0.562. The van der Waals surface area contributed by atoms with Gasteiger partial charge in [0.1, 0.15) is 6.54 Å². The molecule has 0 saturated heterocycles. The molecule has 3 atom stereocenters. The Bertz CT molecular complexity index is 754. The standard InChI is InChI=1S/C16H20Cl2N2O3S/c1-24(22,23)20(15-5-4-12(17)8-13(15)18)9-16(21)19-14-7-10-2-3-11(14)6-10/h4-5,8,10-11,14H,2-3,6-7,9H2,1H3,(H,19,21)/t10-,11-,14+/m1/s1. The van der Waals surface area contributed by atoms with Crippen molar-refractivity contribution in [1.82, 2.24) is 5.32 Å². The minimum absolute atomic E-state index is 0.165. The Balaban J connectivity index is 1.74. The summed E-state index contributed by atoms with van der Waals surface area (Å²) < 4.78 is 25.3. The van der Waals surface area contributed by atoms with E-state index in [-0.39, 0.29) is 29.2 Å². The van der Waals surface area contributed by atoms with E-state index >= 15 is 0 Å². The number of carbonyl (C=O) groups is 1. The van der Waals surface area contributed by atoms with Crippen LogP contribution in [0, 0.1) is 11.8 Å². The molecule has 8 heteroatoms. The Morgan fingerprint density at radius 2 is 2.04 bits per heavy atom. The summed E-state index contributed by atoms with van der Waals surface area (Å²) in [5.41, 5.74) is 0.256. The molecule has 0 radical (unpaired) electrons. The SMILES string of the molecule is CS(=O)(=O)N(CC(=O)N[C@H]1C[C@@H]2CC[C@@H]1C2)c1ccc(Cl)cc1Cl. The van der Waals surface area contributed by atoms with Crippen LogP contribution in [0.25, 0.3) is 0 Å². The van der Waals surface area contributed by atoms with Crippen LogP contribution < -0.4 is 9.62 Å². The van der Waals surface area contributed by atoms with E-state index < -0.39 is 10.0 Å². The molecule has 0 aliphatic heterocycles. The first-order valence-corrected chi connectivity index (χ1v) is 10.6. The summed E-state index contributed by atoms with van der Waals surface area (Å²) in [5.74, 6) is 0.936. The largest absolute Gasteiger partial charge is 0.352 e. The zero-order chi connectivity index (χ0) is 17.5.